The van der Waals surface area contributed by atoms with Crippen molar-refractivity contribution in [2.24, 2.45) is 5.92 Å². The van der Waals surface area contributed by atoms with Crippen molar-refractivity contribution in [3.05, 3.63) is 77.9 Å². The number of nitrogens with one attached hydrogen (secondary N) is 1. The van der Waals surface area contributed by atoms with E-state index in [1.807, 2.05) is 0 Å². The molecule has 1 aromatic heterocycles. The van der Waals surface area contributed by atoms with Gasteiger partial charge in [0.15, 0.2) is 5.82 Å². The molecule has 3 aromatic rings. The number of aryl methyl sites for hydroxylation is 1. The van der Waals surface area contributed by atoms with Crippen molar-refractivity contribution in [2.45, 2.75) is 36.2 Å². The highest BCUT2D eigenvalue weighted by molar-refractivity contribution is 7.99. The van der Waals surface area contributed by atoms with E-state index in [9.17, 15) is 9.18 Å². The number of benzene rings is 2. The smallest absolute Gasteiger partial charge is 0.223 e. The molecule has 160 valence electrons. The minimum Gasteiger partial charge on any atom is -0.354 e. The maximum atomic E-state index is 13.0. The van der Waals surface area contributed by atoms with Crippen LogP contribution in [0.15, 0.2) is 70.8 Å². The minimum absolute atomic E-state index is 0.0263. The predicted molar refractivity (Wildman–Crippen MR) is 121 cm³/mol. The SMILES string of the molecule is Cc1ccc(Sc2nccnc2N2CCC(C(=O)NCc3ccc(F)cc3)CC2)cc1. The summed E-state index contributed by atoms with van der Waals surface area (Å²) >= 11 is 1.61. The molecule has 0 radical (unpaired) electrons. The molecule has 0 bridgehead atoms. The lowest BCUT2D eigenvalue weighted by Crippen LogP contribution is -2.41. The van der Waals surface area contributed by atoms with Crippen molar-refractivity contribution >= 4 is 23.5 Å². The number of anilines is 1. The highest BCUT2D eigenvalue weighted by atomic mass is 32.2. The van der Waals surface area contributed by atoms with Gasteiger partial charge in [0.1, 0.15) is 10.8 Å². The molecular formula is C24H25FN4OS. The number of piperidine rings is 1. The second-order valence-corrected chi connectivity index (χ2v) is 8.77. The Labute approximate surface area is 186 Å². The zero-order valence-corrected chi connectivity index (χ0v) is 18.2. The minimum atomic E-state index is -0.272. The van der Waals surface area contributed by atoms with E-state index < -0.39 is 0 Å². The summed E-state index contributed by atoms with van der Waals surface area (Å²) in [5.74, 6) is 0.628. The number of hydrogen-bond acceptors (Lipinski definition) is 5. The molecule has 5 nitrogen and oxygen atoms in total. The molecule has 1 aliphatic heterocycles. The maximum absolute atomic E-state index is 13.0. The molecular weight excluding hydrogens is 411 g/mol. The first-order chi connectivity index (χ1) is 15.1. The van der Waals surface area contributed by atoms with Crippen LogP contribution in [0.1, 0.15) is 24.0 Å². The summed E-state index contributed by atoms with van der Waals surface area (Å²) < 4.78 is 13.0. The van der Waals surface area contributed by atoms with Gasteiger partial charge >= 0.3 is 0 Å². The third-order valence-electron chi connectivity index (χ3n) is 5.43. The Balaban J connectivity index is 1.33. The molecule has 4 rings (SSSR count). The standard InChI is InChI=1S/C24H25FN4OS/c1-17-2-8-21(9-3-17)31-24-22(26-12-13-27-24)29-14-10-19(11-15-29)23(30)28-16-18-4-6-20(25)7-5-18/h2-9,12-13,19H,10-11,14-16H2,1H3,(H,28,30). The van der Waals surface area contributed by atoms with Gasteiger partial charge in [0.25, 0.3) is 0 Å². The van der Waals surface area contributed by atoms with E-state index in [4.69, 9.17) is 0 Å². The van der Waals surface area contributed by atoms with Crippen LogP contribution in [0.2, 0.25) is 0 Å². The molecule has 7 heteroatoms. The fraction of sp³-hybridized carbons (Fsp3) is 0.292. The summed E-state index contributed by atoms with van der Waals surface area (Å²) in [6.45, 7) is 4.01. The molecule has 0 atom stereocenters. The average Bonchev–Trinajstić information content (AvgIpc) is 2.80. The third kappa shape index (κ3) is 5.61. The number of carbonyl (C=O) groups is 1. The van der Waals surface area contributed by atoms with E-state index in [0.29, 0.717) is 6.54 Å². The molecule has 2 heterocycles. The lowest BCUT2D eigenvalue weighted by Gasteiger charge is -2.32. The quantitative estimate of drug-likeness (QED) is 0.612. The van der Waals surface area contributed by atoms with Crippen molar-refractivity contribution < 1.29 is 9.18 Å². The first-order valence-corrected chi connectivity index (χ1v) is 11.2. The topological polar surface area (TPSA) is 58.1 Å². The van der Waals surface area contributed by atoms with Crippen molar-refractivity contribution in [3.63, 3.8) is 0 Å². The van der Waals surface area contributed by atoms with Crippen LogP contribution in [-0.4, -0.2) is 29.0 Å². The number of carbonyl (C=O) groups excluding carboxylic acids is 1. The van der Waals surface area contributed by atoms with Crippen molar-refractivity contribution in [1.29, 1.82) is 0 Å². The second kappa shape index (κ2) is 9.92. The first-order valence-electron chi connectivity index (χ1n) is 10.4. The molecule has 1 amide bonds. The van der Waals surface area contributed by atoms with Crippen LogP contribution >= 0.6 is 11.8 Å². The predicted octanol–water partition coefficient (Wildman–Crippen LogP) is 4.61. The number of hydrogen-bond donors (Lipinski definition) is 1. The van der Waals surface area contributed by atoms with Crippen LogP contribution in [0, 0.1) is 18.7 Å². The lowest BCUT2D eigenvalue weighted by atomic mass is 9.96. The summed E-state index contributed by atoms with van der Waals surface area (Å²) in [6, 6.07) is 14.6. The Hall–Kier alpha value is -2.93. The monoisotopic (exact) mass is 436 g/mol. The van der Waals surface area contributed by atoms with Crippen LogP contribution < -0.4 is 10.2 Å². The van der Waals surface area contributed by atoms with E-state index in [1.54, 1.807) is 36.3 Å². The van der Waals surface area contributed by atoms with Gasteiger partial charge in [-0.1, -0.05) is 41.6 Å². The van der Waals surface area contributed by atoms with Gasteiger partial charge in [0, 0.05) is 42.8 Å². The summed E-state index contributed by atoms with van der Waals surface area (Å²) in [7, 11) is 0. The van der Waals surface area contributed by atoms with Gasteiger partial charge in [-0.2, -0.15) is 0 Å². The highest BCUT2D eigenvalue weighted by Gasteiger charge is 2.27. The van der Waals surface area contributed by atoms with Gasteiger partial charge in [-0.05, 0) is 49.6 Å². The van der Waals surface area contributed by atoms with Gasteiger partial charge in [-0.25, -0.2) is 14.4 Å². The summed E-state index contributed by atoms with van der Waals surface area (Å²) in [6.07, 6.45) is 4.96. The first kappa shape index (κ1) is 21.3. The Morgan fingerprint density at radius 2 is 1.74 bits per heavy atom. The largest absolute Gasteiger partial charge is 0.354 e. The third-order valence-corrected chi connectivity index (χ3v) is 6.42. The molecule has 1 N–H and O–H groups in total. The van der Waals surface area contributed by atoms with Gasteiger partial charge < -0.3 is 10.2 Å². The van der Waals surface area contributed by atoms with E-state index >= 15 is 0 Å². The maximum Gasteiger partial charge on any atom is 0.223 e. The van der Waals surface area contributed by atoms with Crippen LogP contribution in [0.3, 0.4) is 0 Å². The van der Waals surface area contributed by atoms with Crippen LogP contribution in [0.5, 0.6) is 0 Å². The number of amides is 1. The fourth-order valence-electron chi connectivity index (χ4n) is 3.61. The van der Waals surface area contributed by atoms with Crippen LogP contribution in [0.4, 0.5) is 10.2 Å². The Morgan fingerprint density at radius 1 is 1.06 bits per heavy atom. The normalized spacial score (nSPS) is 14.5. The van der Waals surface area contributed by atoms with Gasteiger partial charge in [-0.15, -0.1) is 0 Å². The zero-order chi connectivity index (χ0) is 21.6. The van der Waals surface area contributed by atoms with Crippen molar-refractivity contribution in [1.82, 2.24) is 15.3 Å². The Morgan fingerprint density at radius 3 is 2.45 bits per heavy atom. The fourth-order valence-corrected chi connectivity index (χ4v) is 4.50. The van der Waals surface area contributed by atoms with E-state index in [0.717, 1.165) is 47.2 Å². The van der Waals surface area contributed by atoms with Gasteiger partial charge in [0.2, 0.25) is 5.91 Å². The van der Waals surface area contributed by atoms with Crippen LogP contribution in [-0.2, 0) is 11.3 Å². The van der Waals surface area contributed by atoms with E-state index in [1.165, 1.54) is 17.7 Å². The summed E-state index contributed by atoms with van der Waals surface area (Å²) in [5, 5.41) is 3.86. The molecule has 0 aliphatic carbocycles. The number of nitrogens with zero attached hydrogens (tertiary/aromatic N) is 3. The molecule has 0 saturated carbocycles. The molecule has 0 unspecified atom stereocenters. The molecule has 1 fully saturated rings. The van der Waals surface area contributed by atoms with E-state index in [2.05, 4.69) is 51.4 Å². The highest BCUT2D eigenvalue weighted by Crippen LogP contribution is 2.34. The lowest BCUT2D eigenvalue weighted by molar-refractivity contribution is -0.125. The Bertz CT molecular complexity index is 1020. The van der Waals surface area contributed by atoms with Crippen molar-refractivity contribution in [2.75, 3.05) is 18.0 Å². The summed E-state index contributed by atoms with van der Waals surface area (Å²) in [4.78, 5) is 25.1. The van der Waals surface area contributed by atoms with Gasteiger partial charge in [-0.3, -0.25) is 4.79 Å². The molecule has 2 aromatic carbocycles. The molecule has 1 aliphatic rings. The number of aromatic nitrogens is 2. The van der Waals surface area contributed by atoms with Gasteiger partial charge in [0.05, 0.1) is 0 Å². The molecule has 0 spiro atoms. The molecule has 1 saturated heterocycles. The zero-order valence-electron chi connectivity index (χ0n) is 17.4. The number of halogens is 1. The Kier molecular flexibility index (Phi) is 6.82. The van der Waals surface area contributed by atoms with Crippen LogP contribution in [0.25, 0.3) is 0 Å². The van der Waals surface area contributed by atoms with E-state index in [-0.39, 0.29) is 17.6 Å². The average molecular weight is 437 g/mol. The van der Waals surface area contributed by atoms with Crippen molar-refractivity contribution in [3.8, 4) is 0 Å². The number of rotatable bonds is 6. The second-order valence-electron chi connectivity index (χ2n) is 7.71. The molecule has 31 heavy (non-hydrogen) atoms. The summed E-state index contributed by atoms with van der Waals surface area (Å²) in [5.41, 5.74) is 2.12.